The lowest BCUT2D eigenvalue weighted by atomic mass is 10.1. The molecule has 3 heteroatoms. The van der Waals surface area contributed by atoms with Crippen LogP contribution >= 0.6 is 0 Å². The van der Waals surface area contributed by atoms with E-state index in [4.69, 9.17) is 10.5 Å². The van der Waals surface area contributed by atoms with Gasteiger partial charge in [-0.3, -0.25) is 4.90 Å². The van der Waals surface area contributed by atoms with Gasteiger partial charge in [-0.2, -0.15) is 0 Å². The first-order valence-electron chi connectivity index (χ1n) is 6.28. The van der Waals surface area contributed by atoms with Crippen LogP contribution in [0.25, 0.3) is 0 Å². The monoisotopic (exact) mass is 236 g/mol. The molecule has 0 saturated carbocycles. The molecule has 0 aliphatic rings. The average molecular weight is 236 g/mol. The molecule has 1 atom stereocenters. The molecule has 0 amide bonds. The maximum Gasteiger partial charge on any atom is 0.0593 e. The number of rotatable bonds is 7. The third-order valence-electron chi connectivity index (χ3n) is 2.99. The van der Waals surface area contributed by atoms with Gasteiger partial charge in [-0.25, -0.2) is 0 Å². The van der Waals surface area contributed by atoms with Crippen molar-refractivity contribution < 1.29 is 4.74 Å². The molecular weight excluding hydrogens is 212 g/mol. The Morgan fingerprint density at radius 3 is 2.76 bits per heavy atom. The van der Waals surface area contributed by atoms with Gasteiger partial charge in [0.1, 0.15) is 0 Å². The molecule has 0 bridgehead atoms. The number of hydrogen-bond acceptors (Lipinski definition) is 3. The fourth-order valence-electron chi connectivity index (χ4n) is 1.72. The molecule has 96 valence electrons. The lowest BCUT2D eigenvalue weighted by Gasteiger charge is -2.25. The van der Waals surface area contributed by atoms with E-state index in [1.165, 1.54) is 5.56 Å². The Morgan fingerprint density at radius 1 is 1.35 bits per heavy atom. The molecular formula is C14H24N2O. The van der Waals surface area contributed by atoms with E-state index in [0.29, 0.717) is 6.04 Å². The second-order valence-corrected chi connectivity index (χ2v) is 4.44. The summed E-state index contributed by atoms with van der Waals surface area (Å²) in [6.07, 6.45) is 1.08. The zero-order valence-electron chi connectivity index (χ0n) is 11.1. The molecule has 0 aliphatic heterocycles. The van der Waals surface area contributed by atoms with E-state index in [-0.39, 0.29) is 0 Å². The van der Waals surface area contributed by atoms with Crippen LogP contribution in [0.2, 0.25) is 0 Å². The Kier molecular flexibility index (Phi) is 6.01. The van der Waals surface area contributed by atoms with E-state index in [2.05, 4.69) is 31.9 Å². The number of hydrogen-bond donors (Lipinski definition) is 1. The summed E-state index contributed by atoms with van der Waals surface area (Å²) in [5.74, 6) is 0. The third kappa shape index (κ3) is 4.75. The molecule has 0 heterocycles. The summed E-state index contributed by atoms with van der Waals surface area (Å²) in [5, 5.41) is 0. The van der Waals surface area contributed by atoms with Crippen molar-refractivity contribution >= 4 is 5.69 Å². The van der Waals surface area contributed by atoms with Crippen LogP contribution in [0.15, 0.2) is 24.3 Å². The van der Waals surface area contributed by atoms with Crippen molar-refractivity contribution in [3.05, 3.63) is 29.8 Å². The number of ether oxygens (including phenoxy) is 1. The van der Waals surface area contributed by atoms with Gasteiger partial charge in [-0.05, 0) is 38.1 Å². The van der Waals surface area contributed by atoms with Crippen LogP contribution < -0.4 is 5.73 Å². The fraction of sp³-hybridized carbons (Fsp3) is 0.571. The van der Waals surface area contributed by atoms with Crippen LogP contribution in [0, 0.1) is 0 Å². The highest BCUT2D eigenvalue weighted by Crippen LogP contribution is 2.20. The van der Waals surface area contributed by atoms with Crippen LogP contribution in [-0.4, -0.2) is 31.7 Å². The fourth-order valence-corrected chi connectivity index (χ4v) is 1.72. The smallest absolute Gasteiger partial charge is 0.0593 e. The molecule has 0 spiro atoms. The summed E-state index contributed by atoms with van der Waals surface area (Å²) in [4.78, 5) is 2.28. The Balaban J connectivity index is 2.43. The van der Waals surface area contributed by atoms with Gasteiger partial charge in [-0.15, -0.1) is 0 Å². The quantitative estimate of drug-likeness (QED) is 0.584. The Hall–Kier alpha value is -1.06. The van der Waals surface area contributed by atoms with Crippen molar-refractivity contribution in [3.8, 4) is 0 Å². The second kappa shape index (κ2) is 7.30. The number of likely N-dealkylation sites (N-methyl/N-ethyl adjacent to an activating group) is 1. The van der Waals surface area contributed by atoms with E-state index in [1.54, 1.807) is 0 Å². The number of benzene rings is 1. The molecule has 3 nitrogen and oxygen atoms in total. The SMILES string of the molecule is CCCOCCN(C)C(C)c1cccc(N)c1. The number of nitrogen functional groups attached to an aromatic ring is 1. The van der Waals surface area contributed by atoms with Gasteiger partial charge in [0.2, 0.25) is 0 Å². The van der Waals surface area contributed by atoms with Crippen LogP contribution in [-0.2, 0) is 4.74 Å². The summed E-state index contributed by atoms with van der Waals surface area (Å²) >= 11 is 0. The van der Waals surface area contributed by atoms with Crippen LogP contribution in [0.3, 0.4) is 0 Å². The number of nitrogens with zero attached hydrogens (tertiary/aromatic N) is 1. The maximum atomic E-state index is 5.79. The van der Waals surface area contributed by atoms with Crippen LogP contribution in [0.1, 0.15) is 31.9 Å². The van der Waals surface area contributed by atoms with Gasteiger partial charge in [0.15, 0.2) is 0 Å². The Morgan fingerprint density at radius 2 is 2.12 bits per heavy atom. The van der Waals surface area contributed by atoms with Crippen molar-refractivity contribution in [1.29, 1.82) is 0 Å². The summed E-state index contributed by atoms with van der Waals surface area (Å²) in [7, 11) is 2.11. The summed E-state index contributed by atoms with van der Waals surface area (Å²) in [6.45, 7) is 6.89. The zero-order valence-corrected chi connectivity index (χ0v) is 11.1. The third-order valence-corrected chi connectivity index (χ3v) is 2.99. The minimum absolute atomic E-state index is 0.365. The molecule has 2 N–H and O–H groups in total. The lowest BCUT2D eigenvalue weighted by molar-refractivity contribution is 0.101. The first kappa shape index (κ1) is 14.0. The molecule has 0 fully saturated rings. The Bertz CT molecular complexity index is 328. The second-order valence-electron chi connectivity index (χ2n) is 4.44. The standard InChI is InChI=1S/C14H24N2O/c1-4-9-17-10-8-16(3)12(2)13-6-5-7-14(15)11-13/h5-7,11-12H,4,8-10,15H2,1-3H3. The largest absolute Gasteiger partial charge is 0.399 e. The molecule has 0 radical (unpaired) electrons. The first-order chi connectivity index (χ1) is 8.15. The van der Waals surface area contributed by atoms with Crippen LogP contribution in [0.5, 0.6) is 0 Å². The van der Waals surface area contributed by atoms with Gasteiger partial charge in [0, 0.05) is 24.9 Å². The molecule has 0 aromatic heterocycles. The van der Waals surface area contributed by atoms with Gasteiger partial charge >= 0.3 is 0 Å². The number of anilines is 1. The van der Waals surface area contributed by atoms with E-state index in [0.717, 1.165) is 31.9 Å². The molecule has 0 saturated heterocycles. The van der Waals surface area contributed by atoms with Crippen molar-refractivity contribution in [2.75, 3.05) is 32.5 Å². The van der Waals surface area contributed by atoms with Gasteiger partial charge in [-0.1, -0.05) is 19.1 Å². The normalized spacial score (nSPS) is 12.9. The number of nitrogens with two attached hydrogens (primary N) is 1. The van der Waals surface area contributed by atoms with E-state index < -0.39 is 0 Å². The Labute approximate surface area is 105 Å². The highest BCUT2D eigenvalue weighted by molar-refractivity contribution is 5.41. The molecule has 0 aliphatic carbocycles. The van der Waals surface area contributed by atoms with Gasteiger partial charge in [0.25, 0.3) is 0 Å². The topological polar surface area (TPSA) is 38.5 Å². The molecule has 1 aromatic rings. The molecule has 1 unspecified atom stereocenters. The molecule has 1 rings (SSSR count). The predicted molar refractivity (Wildman–Crippen MR) is 73.0 cm³/mol. The zero-order chi connectivity index (χ0) is 12.7. The minimum Gasteiger partial charge on any atom is -0.399 e. The van der Waals surface area contributed by atoms with Crippen molar-refractivity contribution in [2.24, 2.45) is 0 Å². The first-order valence-corrected chi connectivity index (χ1v) is 6.28. The highest BCUT2D eigenvalue weighted by Gasteiger charge is 2.11. The summed E-state index contributed by atoms with van der Waals surface area (Å²) < 4.78 is 5.50. The lowest BCUT2D eigenvalue weighted by Crippen LogP contribution is -2.26. The predicted octanol–water partition coefficient (Wildman–Crippen LogP) is 2.69. The summed E-state index contributed by atoms with van der Waals surface area (Å²) in [5.41, 5.74) is 7.87. The highest BCUT2D eigenvalue weighted by atomic mass is 16.5. The van der Waals surface area contributed by atoms with Gasteiger partial charge < -0.3 is 10.5 Å². The average Bonchev–Trinajstić information content (AvgIpc) is 2.33. The van der Waals surface area contributed by atoms with Crippen molar-refractivity contribution in [1.82, 2.24) is 4.90 Å². The van der Waals surface area contributed by atoms with Gasteiger partial charge in [0.05, 0.1) is 6.61 Å². The maximum absolute atomic E-state index is 5.79. The van der Waals surface area contributed by atoms with E-state index in [1.807, 2.05) is 18.2 Å². The van der Waals surface area contributed by atoms with E-state index >= 15 is 0 Å². The van der Waals surface area contributed by atoms with E-state index in [9.17, 15) is 0 Å². The van der Waals surface area contributed by atoms with Crippen LogP contribution in [0.4, 0.5) is 5.69 Å². The summed E-state index contributed by atoms with van der Waals surface area (Å²) in [6, 6.07) is 8.44. The van der Waals surface area contributed by atoms with Crippen molar-refractivity contribution in [3.63, 3.8) is 0 Å². The van der Waals surface area contributed by atoms with Crippen molar-refractivity contribution in [2.45, 2.75) is 26.3 Å². The minimum atomic E-state index is 0.365. The molecule has 17 heavy (non-hydrogen) atoms. The molecule has 1 aromatic carbocycles.